The number of hydrogen-bond acceptors (Lipinski definition) is 3. The van der Waals surface area contributed by atoms with Crippen molar-refractivity contribution in [3.63, 3.8) is 0 Å². The van der Waals surface area contributed by atoms with Gasteiger partial charge in [0.05, 0.1) is 13.7 Å². The predicted molar refractivity (Wildman–Crippen MR) is 119 cm³/mol. The largest absolute Gasteiger partial charge is 0.497 e. The van der Waals surface area contributed by atoms with E-state index in [-0.39, 0.29) is 29.9 Å². The van der Waals surface area contributed by atoms with Gasteiger partial charge in [0.1, 0.15) is 5.75 Å². The van der Waals surface area contributed by atoms with E-state index in [1.807, 2.05) is 20.0 Å². The summed E-state index contributed by atoms with van der Waals surface area (Å²) >= 11 is 0. The molecule has 0 heterocycles. The standard InChI is InChI=1S/C19H30N4O2.HI/c1-5-7-8-15-23(3)19(20-6-2)22-14-13-21-18(24)16-9-11-17(25-4)12-10-16;/h5,9-12H,1,6-8,13-15H2,2-4H3,(H,20,22)(H,21,24);1H. The van der Waals surface area contributed by atoms with Crippen molar-refractivity contribution in [3.05, 3.63) is 42.5 Å². The Bertz CT molecular complexity index is 561. The third kappa shape index (κ3) is 9.07. The van der Waals surface area contributed by atoms with Crippen LogP contribution in [0.15, 0.2) is 41.9 Å². The van der Waals surface area contributed by atoms with Crippen molar-refractivity contribution in [3.8, 4) is 5.75 Å². The van der Waals surface area contributed by atoms with Crippen molar-refractivity contribution in [1.29, 1.82) is 0 Å². The smallest absolute Gasteiger partial charge is 0.251 e. The highest BCUT2D eigenvalue weighted by Gasteiger charge is 2.06. The number of rotatable bonds is 10. The second-order valence-electron chi connectivity index (χ2n) is 5.57. The number of nitrogens with one attached hydrogen (secondary N) is 2. The van der Waals surface area contributed by atoms with Crippen LogP contribution < -0.4 is 15.4 Å². The second kappa shape index (κ2) is 14.4. The number of carbonyl (C=O) groups excluding carboxylic acids is 1. The molecule has 0 radical (unpaired) electrons. The SMILES string of the molecule is C=CCCCN(C)C(=NCCNC(=O)c1ccc(OC)cc1)NCC.I. The summed E-state index contributed by atoms with van der Waals surface area (Å²) in [5.41, 5.74) is 0.609. The molecule has 1 aromatic carbocycles. The summed E-state index contributed by atoms with van der Waals surface area (Å²) in [5, 5.41) is 6.14. The Morgan fingerprint density at radius 3 is 2.58 bits per heavy atom. The molecule has 2 N–H and O–H groups in total. The average molecular weight is 474 g/mol. The van der Waals surface area contributed by atoms with Crippen LogP contribution in [0.5, 0.6) is 5.75 Å². The van der Waals surface area contributed by atoms with E-state index in [4.69, 9.17) is 4.74 Å². The zero-order valence-electron chi connectivity index (χ0n) is 16.0. The molecule has 1 aromatic rings. The van der Waals surface area contributed by atoms with Crippen molar-refractivity contribution in [2.24, 2.45) is 4.99 Å². The molecule has 7 heteroatoms. The first-order valence-electron chi connectivity index (χ1n) is 8.65. The fraction of sp³-hybridized carbons (Fsp3) is 0.474. The average Bonchev–Trinajstić information content (AvgIpc) is 2.64. The van der Waals surface area contributed by atoms with Gasteiger partial charge in [0.2, 0.25) is 0 Å². The molecular formula is C19H31IN4O2. The van der Waals surface area contributed by atoms with Gasteiger partial charge in [0.25, 0.3) is 5.91 Å². The summed E-state index contributed by atoms with van der Waals surface area (Å²) in [6.07, 6.45) is 3.95. The van der Waals surface area contributed by atoms with Crippen LogP contribution in [-0.4, -0.2) is 57.1 Å². The van der Waals surface area contributed by atoms with Crippen LogP contribution in [0, 0.1) is 0 Å². The fourth-order valence-electron chi connectivity index (χ4n) is 2.22. The molecule has 146 valence electrons. The number of ether oxygens (including phenoxy) is 1. The van der Waals surface area contributed by atoms with Crippen molar-refractivity contribution in [1.82, 2.24) is 15.5 Å². The summed E-state index contributed by atoms with van der Waals surface area (Å²) < 4.78 is 5.09. The Morgan fingerprint density at radius 2 is 2.00 bits per heavy atom. The molecule has 6 nitrogen and oxygen atoms in total. The topological polar surface area (TPSA) is 66.0 Å². The monoisotopic (exact) mass is 474 g/mol. The van der Waals surface area contributed by atoms with Crippen molar-refractivity contribution in [2.75, 3.05) is 40.3 Å². The number of methoxy groups -OCH3 is 1. The molecular weight excluding hydrogens is 443 g/mol. The molecule has 26 heavy (non-hydrogen) atoms. The normalized spacial score (nSPS) is 10.5. The number of guanidine groups is 1. The van der Waals surface area contributed by atoms with Crippen LogP contribution >= 0.6 is 24.0 Å². The molecule has 0 bridgehead atoms. The van der Waals surface area contributed by atoms with Gasteiger partial charge >= 0.3 is 0 Å². The van der Waals surface area contributed by atoms with Crippen LogP contribution in [0.4, 0.5) is 0 Å². The number of carbonyl (C=O) groups is 1. The van der Waals surface area contributed by atoms with Gasteiger partial charge < -0.3 is 20.3 Å². The second-order valence-corrected chi connectivity index (χ2v) is 5.57. The first kappa shape index (κ1) is 24.2. The van der Waals surface area contributed by atoms with Crippen LogP contribution in [0.1, 0.15) is 30.1 Å². The molecule has 0 fully saturated rings. The van der Waals surface area contributed by atoms with Crippen molar-refractivity contribution < 1.29 is 9.53 Å². The van der Waals surface area contributed by atoms with Crippen molar-refractivity contribution >= 4 is 35.8 Å². The van der Waals surface area contributed by atoms with Gasteiger partial charge in [-0.05, 0) is 44.0 Å². The molecule has 0 unspecified atom stereocenters. The van der Waals surface area contributed by atoms with Crippen molar-refractivity contribution in [2.45, 2.75) is 19.8 Å². The molecule has 0 aliphatic carbocycles. The zero-order chi connectivity index (χ0) is 18.5. The summed E-state index contributed by atoms with van der Waals surface area (Å²) in [5.74, 6) is 1.48. The van der Waals surface area contributed by atoms with Gasteiger partial charge in [-0.25, -0.2) is 0 Å². The minimum Gasteiger partial charge on any atom is -0.497 e. The molecule has 0 aliphatic heterocycles. The summed E-state index contributed by atoms with van der Waals surface area (Å²) in [4.78, 5) is 18.7. The van der Waals surface area contributed by atoms with Gasteiger partial charge in [-0.2, -0.15) is 0 Å². The first-order valence-corrected chi connectivity index (χ1v) is 8.65. The maximum absolute atomic E-state index is 12.1. The minimum absolute atomic E-state index is 0. The number of allylic oxidation sites excluding steroid dienone is 1. The molecule has 1 amide bonds. The van der Waals surface area contributed by atoms with Gasteiger partial charge in [-0.3, -0.25) is 9.79 Å². The fourth-order valence-corrected chi connectivity index (χ4v) is 2.22. The maximum atomic E-state index is 12.1. The number of benzene rings is 1. The van der Waals surface area contributed by atoms with Crippen LogP contribution in [0.2, 0.25) is 0 Å². The number of nitrogens with zero attached hydrogens (tertiary/aromatic N) is 2. The van der Waals surface area contributed by atoms with E-state index in [2.05, 4.69) is 27.1 Å². The Labute approximate surface area is 174 Å². The third-order valence-electron chi connectivity index (χ3n) is 3.61. The van der Waals surface area contributed by atoms with Crippen LogP contribution in [0.3, 0.4) is 0 Å². The van der Waals surface area contributed by atoms with E-state index >= 15 is 0 Å². The summed E-state index contributed by atoms with van der Waals surface area (Å²) in [7, 11) is 3.62. The zero-order valence-corrected chi connectivity index (χ0v) is 18.3. The van der Waals surface area contributed by atoms with Gasteiger partial charge in [-0.15, -0.1) is 30.6 Å². The van der Waals surface area contributed by atoms with E-state index in [1.54, 1.807) is 31.4 Å². The van der Waals surface area contributed by atoms with E-state index in [0.29, 0.717) is 18.7 Å². The molecule has 0 spiro atoms. The number of aliphatic imine (C=N–C) groups is 1. The Balaban J connectivity index is 0.00000625. The van der Waals surface area contributed by atoms with E-state index in [9.17, 15) is 4.79 Å². The van der Waals surface area contributed by atoms with E-state index in [1.165, 1.54) is 0 Å². The molecule has 1 rings (SSSR count). The Hall–Kier alpha value is -1.77. The highest BCUT2D eigenvalue weighted by atomic mass is 127. The molecule has 0 aromatic heterocycles. The summed E-state index contributed by atoms with van der Waals surface area (Å²) in [6, 6.07) is 7.03. The maximum Gasteiger partial charge on any atom is 0.251 e. The number of halogens is 1. The molecule has 0 saturated heterocycles. The van der Waals surface area contributed by atoms with E-state index in [0.717, 1.165) is 37.6 Å². The number of hydrogen-bond donors (Lipinski definition) is 2. The van der Waals surface area contributed by atoms with Gasteiger partial charge in [0.15, 0.2) is 5.96 Å². The quantitative estimate of drug-likeness (QED) is 0.180. The Morgan fingerprint density at radius 1 is 1.31 bits per heavy atom. The Kier molecular flexibility index (Phi) is 13.4. The van der Waals surface area contributed by atoms with Crippen LogP contribution in [0.25, 0.3) is 0 Å². The van der Waals surface area contributed by atoms with Gasteiger partial charge in [0, 0.05) is 32.2 Å². The third-order valence-corrected chi connectivity index (χ3v) is 3.61. The van der Waals surface area contributed by atoms with E-state index < -0.39 is 0 Å². The lowest BCUT2D eigenvalue weighted by molar-refractivity contribution is 0.0954. The number of unbranched alkanes of at least 4 members (excludes halogenated alkanes) is 1. The lowest BCUT2D eigenvalue weighted by Gasteiger charge is -2.21. The predicted octanol–water partition coefficient (Wildman–Crippen LogP) is 2.91. The highest BCUT2D eigenvalue weighted by Crippen LogP contribution is 2.10. The lowest BCUT2D eigenvalue weighted by Crippen LogP contribution is -2.40. The van der Waals surface area contributed by atoms with Crippen LogP contribution in [-0.2, 0) is 0 Å². The lowest BCUT2D eigenvalue weighted by atomic mass is 10.2. The summed E-state index contributed by atoms with van der Waals surface area (Å²) in [6.45, 7) is 8.51. The minimum atomic E-state index is -0.109. The first-order chi connectivity index (χ1) is 12.1. The molecule has 0 aliphatic rings. The number of amides is 1. The highest BCUT2D eigenvalue weighted by molar-refractivity contribution is 14.0. The van der Waals surface area contributed by atoms with Gasteiger partial charge in [-0.1, -0.05) is 6.08 Å². The molecule has 0 atom stereocenters. The molecule has 0 saturated carbocycles.